The summed E-state index contributed by atoms with van der Waals surface area (Å²) >= 11 is 0. The van der Waals surface area contributed by atoms with Crippen molar-refractivity contribution < 1.29 is 27.3 Å². The van der Waals surface area contributed by atoms with E-state index in [-0.39, 0.29) is 0 Å². The molecule has 0 saturated carbocycles. The molecule has 1 aliphatic heterocycles. The van der Waals surface area contributed by atoms with Crippen molar-refractivity contribution in [2.45, 2.75) is 25.1 Å². The lowest BCUT2D eigenvalue weighted by Gasteiger charge is -2.24. The monoisotopic (exact) mass is 160 g/mol. The Bertz CT molecular complexity index is 108. The van der Waals surface area contributed by atoms with Crippen LogP contribution in [0, 0.1) is 0 Å². The molecule has 6 heteroatoms. The molecule has 1 aliphatic rings. The highest BCUT2D eigenvalue weighted by atomic mass is 19.2. The van der Waals surface area contributed by atoms with E-state index in [1.54, 1.807) is 0 Å². The van der Waals surface area contributed by atoms with Crippen LogP contribution in [0.5, 0.6) is 0 Å². The molecule has 0 spiro atoms. The van der Waals surface area contributed by atoms with Crippen LogP contribution in [0.2, 0.25) is 0 Å². The van der Waals surface area contributed by atoms with Gasteiger partial charge in [0.2, 0.25) is 0 Å². The van der Waals surface area contributed by atoms with E-state index in [0.29, 0.717) is 0 Å². The molecule has 2 nitrogen and oxygen atoms in total. The van der Waals surface area contributed by atoms with Gasteiger partial charge in [0.05, 0.1) is 0 Å². The zero-order valence-electron chi connectivity index (χ0n) is 4.64. The van der Waals surface area contributed by atoms with Crippen molar-refractivity contribution in [2.24, 2.45) is 0 Å². The van der Waals surface area contributed by atoms with Crippen LogP contribution in [-0.2, 0) is 9.78 Å². The molecule has 0 aromatic heterocycles. The summed E-state index contributed by atoms with van der Waals surface area (Å²) in [6, 6.07) is 0. The zero-order valence-corrected chi connectivity index (χ0v) is 4.64. The Morgan fingerprint density at radius 3 is 1.30 bits per heavy atom. The first kappa shape index (κ1) is 7.74. The maximum atomic E-state index is 12.0. The van der Waals surface area contributed by atoms with Gasteiger partial charge in [-0.3, -0.25) is 0 Å². The smallest absolute Gasteiger partial charge is 0.238 e. The van der Waals surface area contributed by atoms with Crippen molar-refractivity contribution in [1.82, 2.24) is 0 Å². The Morgan fingerprint density at radius 1 is 0.700 bits per heavy atom. The van der Waals surface area contributed by atoms with Gasteiger partial charge in [-0.15, -0.1) is 0 Å². The first-order valence-corrected chi connectivity index (χ1v) is 2.51. The van der Waals surface area contributed by atoms with E-state index < -0.39 is 25.1 Å². The molecule has 0 aliphatic carbocycles. The second-order valence-electron chi connectivity index (χ2n) is 1.78. The molecule has 0 amide bonds. The third-order valence-electron chi connectivity index (χ3n) is 1.04. The molecule has 1 rings (SSSR count). The molecular weight excluding hydrogens is 156 g/mol. The highest BCUT2D eigenvalue weighted by Crippen LogP contribution is 2.24. The summed E-state index contributed by atoms with van der Waals surface area (Å²) in [5.74, 6) is 0. The lowest BCUT2D eigenvalue weighted by molar-refractivity contribution is -0.445. The third kappa shape index (κ3) is 1.22. The first-order chi connectivity index (χ1) is 4.63. The molecule has 0 bridgehead atoms. The molecule has 0 N–H and O–H groups in total. The van der Waals surface area contributed by atoms with Crippen LogP contribution in [0.4, 0.5) is 17.6 Å². The molecule has 1 fully saturated rings. The van der Waals surface area contributed by atoms with Crippen LogP contribution < -0.4 is 0 Å². The standard InChI is InChI=1S/C4H4F4O2/c5-1-2(6)4(8)10-9-3(1)7/h1-4H. The molecule has 0 aromatic carbocycles. The van der Waals surface area contributed by atoms with Crippen LogP contribution in [-0.4, -0.2) is 25.1 Å². The summed E-state index contributed by atoms with van der Waals surface area (Å²) in [7, 11) is 0. The Kier molecular flexibility index (Phi) is 2.10. The molecule has 1 heterocycles. The highest BCUT2D eigenvalue weighted by molar-refractivity contribution is 4.75. The van der Waals surface area contributed by atoms with Crippen LogP contribution in [0.1, 0.15) is 0 Å². The van der Waals surface area contributed by atoms with E-state index >= 15 is 0 Å². The minimum Gasteiger partial charge on any atom is -0.238 e. The predicted octanol–water partition coefficient (Wildman–Crippen LogP) is 1.22. The number of hydrogen-bond donors (Lipinski definition) is 0. The van der Waals surface area contributed by atoms with Crippen molar-refractivity contribution in [3.63, 3.8) is 0 Å². The van der Waals surface area contributed by atoms with Gasteiger partial charge in [0, 0.05) is 0 Å². The molecule has 4 unspecified atom stereocenters. The van der Waals surface area contributed by atoms with Crippen molar-refractivity contribution >= 4 is 0 Å². The molecule has 4 atom stereocenters. The first-order valence-electron chi connectivity index (χ1n) is 2.51. The fraction of sp³-hybridized carbons (Fsp3) is 1.00. The Balaban J connectivity index is 2.52. The van der Waals surface area contributed by atoms with Gasteiger partial charge in [-0.05, 0) is 0 Å². The van der Waals surface area contributed by atoms with Gasteiger partial charge in [0.1, 0.15) is 0 Å². The summed E-state index contributed by atoms with van der Waals surface area (Å²) < 4.78 is 47.8. The van der Waals surface area contributed by atoms with Gasteiger partial charge >= 0.3 is 0 Å². The molecular formula is C4H4F4O2. The van der Waals surface area contributed by atoms with E-state index in [4.69, 9.17) is 0 Å². The molecule has 0 radical (unpaired) electrons. The maximum Gasteiger partial charge on any atom is 0.265 e. The number of rotatable bonds is 0. The molecule has 60 valence electrons. The zero-order chi connectivity index (χ0) is 7.72. The van der Waals surface area contributed by atoms with E-state index in [9.17, 15) is 17.6 Å². The fourth-order valence-electron chi connectivity index (χ4n) is 0.501. The largest absolute Gasteiger partial charge is 0.265 e. The van der Waals surface area contributed by atoms with Crippen molar-refractivity contribution in [3.05, 3.63) is 0 Å². The van der Waals surface area contributed by atoms with Crippen LogP contribution >= 0.6 is 0 Å². The van der Waals surface area contributed by atoms with Gasteiger partial charge in [-0.25, -0.2) is 17.6 Å². The minimum absolute atomic E-state index is 2.54. The lowest BCUT2D eigenvalue weighted by atomic mass is 10.2. The van der Waals surface area contributed by atoms with Crippen molar-refractivity contribution in [2.75, 3.05) is 0 Å². The normalized spacial score (nSPS) is 49.2. The Labute approximate surface area is 53.6 Å². The Hall–Kier alpha value is -0.360. The third-order valence-corrected chi connectivity index (χ3v) is 1.04. The second-order valence-corrected chi connectivity index (χ2v) is 1.78. The van der Waals surface area contributed by atoms with E-state index in [1.165, 1.54) is 0 Å². The summed E-state index contributed by atoms with van der Waals surface area (Å²) in [4.78, 5) is 6.83. The average molecular weight is 160 g/mol. The summed E-state index contributed by atoms with van der Waals surface area (Å²) in [6.07, 6.45) is -10.3. The van der Waals surface area contributed by atoms with Gasteiger partial charge in [0.25, 0.3) is 12.7 Å². The average Bonchev–Trinajstić information content (AvgIpc) is 1.93. The number of hydrogen-bond acceptors (Lipinski definition) is 2. The lowest BCUT2D eigenvalue weighted by Crippen LogP contribution is -2.43. The summed E-state index contributed by atoms with van der Waals surface area (Å²) in [5, 5.41) is 0. The van der Waals surface area contributed by atoms with E-state index in [2.05, 4.69) is 9.78 Å². The molecule has 1 saturated heterocycles. The fourth-order valence-corrected chi connectivity index (χ4v) is 0.501. The highest BCUT2D eigenvalue weighted by Gasteiger charge is 2.43. The summed E-state index contributed by atoms with van der Waals surface area (Å²) in [6.45, 7) is 0. The quantitative estimate of drug-likeness (QED) is 0.391. The van der Waals surface area contributed by atoms with Gasteiger partial charge in [0.15, 0.2) is 12.3 Å². The van der Waals surface area contributed by atoms with Crippen LogP contribution in [0.25, 0.3) is 0 Å². The van der Waals surface area contributed by atoms with Gasteiger partial charge in [-0.2, -0.15) is 9.78 Å². The Morgan fingerprint density at radius 2 is 1.00 bits per heavy atom. The SMILES string of the molecule is FC1OOC(F)C(F)C1F. The van der Waals surface area contributed by atoms with Crippen molar-refractivity contribution in [3.8, 4) is 0 Å². The summed E-state index contributed by atoms with van der Waals surface area (Å²) in [5.41, 5.74) is 0. The molecule has 0 aromatic rings. The maximum absolute atomic E-state index is 12.0. The molecule has 10 heavy (non-hydrogen) atoms. The van der Waals surface area contributed by atoms with Crippen LogP contribution in [0.3, 0.4) is 0 Å². The predicted molar refractivity (Wildman–Crippen MR) is 21.8 cm³/mol. The minimum atomic E-state index is -2.61. The second kappa shape index (κ2) is 2.71. The van der Waals surface area contributed by atoms with Crippen LogP contribution in [0.15, 0.2) is 0 Å². The van der Waals surface area contributed by atoms with E-state index in [1.807, 2.05) is 0 Å². The van der Waals surface area contributed by atoms with Crippen molar-refractivity contribution in [1.29, 1.82) is 0 Å². The topological polar surface area (TPSA) is 18.5 Å². The van der Waals surface area contributed by atoms with Gasteiger partial charge < -0.3 is 0 Å². The van der Waals surface area contributed by atoms with Gasteiger partial charge in [-0.1, -0.05) is 0 Å². The number of alkyl halides is 4. The number of halogens is 4. The van der Waals surface area contributed by atoms with E-state index in [0.717, 1.165) is 0 Å².